The van der Waals surface area contributed by atoms with Crippen molar-refractivity contribution in [2.45, 2.75) is 0 Å². The molecule has 5 aromatic rings. The Morgan fingerprint density at radius 1 is 0.929 bits per heavy atom. The van der Waals surface area contributed by atoms with Gasteiger partial charge in [0.1, 0.15) is 17.3 Å². The molecule has 0 aliphatic carbocycles. The highest BCUT2D eigenvalue weighted by molar-refractivity contribution is 5.69. The van der Waals surface area contributed by atoms with Crippen LogP contribution in [0.15, 0.2) is 73.7 Å². The number of rotatable bonds is 4. The van der Waals surface area contributed by atoms with E-state index in [-0.39, 0.29) is 0 Å². The highest BCUT2D eigenvalue weighted by Crippen LogP contribution is 2.25. The van der Waals surface area contributed by atoms with Crippen LogP contribution in [0, 0.1) is 0 Å². The van der Waals surface area contributed by atoms with E-state index in [1.807, 2.05) is 60.5 Å². The number of hydrogen-bond acceptors (Lipinski definition) is 6. The molecule has 0 atom stereocenters. The summed E-state index contributed by atoms with van der Waals surface area (Å²) < 4.78 is 3.81. The molecule has 1 N–H and O–H groups in total. The topological polar surface area (TPSA) is 85.8 Å². The maximum Gasteiger partial charge on any atom is 0.150 e. The zero-order valence-corrected chi connectivity index (χ0v) is 15.1. The Kier molecular flexibility index (Phi) is 3.79. The van der Waals surface area contributed by atoms with Gasteiger partial charge in [0.15, 0.2) is 0 Å². The zero-order chi connectivity index (χ0) is 18.9. The van der Waals surface area contributed by atoms with Gasteiger partial charge in [-0.05, 0) is 29.8 Å². The second-order valence-corrected chi connectivity index (χ2v) is 6.31. The molecule has 0 aliphatic rings. The number of nitrogens with zero attached hydrogens (tertiary/aromatic N) is 7. The van der Waals surface area contributed by atoms with Gasteiger partial charge in [-0.1, -0.05) is 6.07 Å². The number of aryl methyl sites for hydroxylation is 1. The van der Waals surface area contributed by atoms with E-state index in [2.05, 4.69) is 31.4 Å². The van der Waals surface area contributed by atoms with Gasteiger partial charge in [-0.25, -0.2) is 15.0 Å². The summed E-state index contributed by atoms with van der Waals surface area (Å²) in [6.07, 6.45) is 12.6. The van der Waals surface area contributed by atoms with E-state index in [9.17, 15) is 0 Å². The molecule has 8 heteroatoms. The lowest BCUT2D eigenvalue weighted by molar-refractivity contribution is 0.768. The predicted octanol–water partition coefficient (Wildman–Crippen LogP) is 3.33. The van der Waals surface area contributed by atoms with Crippen LogP contribution in [0.3, 0.4) is 0 Å². The lowest BCUT2D eigenvalue weighted by atomic mass is 10.1. The van der Waals surface area contributed by atoms with Crippen molar-refractivity contribution >= 4 is 17.3 Å². The predicted molar refractivity (Wildman–Crippen MR) is 106 cm³/mol. The summed E-state index contributed by atoms with van der Waals surface area (Å²) in [5, 5.41) is 7.40. The SMILES string of the molecule is Cn1cc(-c2ccn3c(-c4cccc(Nc5cnccn5)n4)cnc3c2)cn1. The summed E-state index contributed by atoms with van der Waals surface area (Å²) in [4.78, 5) is 17.5. The molecule has 5 aromatic heterocycles. The van der Waals surface area contributed by atoms with Gasteiger partial charge in [0.2, 0.25) is 0 Å². The first-order valence-electron chi connectivity index (χ1n) is 8.73. The molecule has 8 nitrogen and oxygen atoms in total. The van der Waals surface area contributed by atoms with Crippen molar-refractivity contribution in [1.29, 1.82) is 0 Å². The van der Waals surface area contributed by atoms with Crippen LogP contribution < -0.4 is 5.32 Å². The zero-order valence-electron chi connectivity index (χ0n) is 15.1. The molecule has 0 saturated heterocycles. The van der Waals surface area contributed by atoms with Crippen LogP contribution >= 0.6 is 0 Å². The monoisotopic (exact) mass is 368 g/mol. The Balaban J connectivity index is 1.50. The number of fused-ring (bicyclic) bond motifs is 1. The summed E-state index contributed by atoms with van der Waals surface area (Å²) >= 11 is 0. The third-order valence-corrected chi connectivity index (χ3v) is 4.38. The van der Waals surface area contributed by atoms with Crippen molar-refractivity contribution in [2.75, 3.05) is 5.32 Å². The first-order valence-corrected chi connectivity index (χ1v) is 8.73. The molecule has 5 rings (SSSR count). The van der Waals surface area contributed by atoms with Crippen LogP contribution in [0.2, 0.25) is 0 Å². The van der Waals surface area contributed by atoms with Gasteiger partial charge in [-0.15, -0.1) is 0 Å². The van der Waals surface area contributed by atoms with E-state index < -0.39 is 0 Å². The number of aromatic nitrogens is 7. The average Bonchev–Trinajstić information content (AvgIpc) is 3.35. The molecule has 5 heterocycles. The smallest absolute Gasteiger partial charge is 0.150 e. The molecule has 0 saturated carbocycles. The van der Waals surface area contributed by atoms with Crippen LogP contribution in [-0.2, 0) is 7.05 Å². The van der Waals surface area contributed by atoms with Crippen molar-refractivity contribution in [3.63, 3.8) is 0 Å². The first-order chi connectivity index (χ1) is 13.8. The fraction of sp³-hybridized carbons (Fsp3) is 0.0500. The molecule has 0 aromatic carbocycles. The van der Waals surface area contributed by atoms with Crippen molar-refractivity contribution in [3.05, 3.63) is 73.7 Å². The molecular weight excluding hydrogens is 352 g/mol. The fourth-order valence-electron chi connectivity index (χ4n) is 3.06. The number of nitrogens with one attached hydrogen (secondary N) is 1. The Morgan fingerprint density at radius 2 is 1.89 bits per heavy atom. The Bertz CT molecular complexity index is 1260. The number of pyridine rings is 2. The Morgan fingerprint density at radius 3 is 2.71 bits per heavy atom. The van der Waals surface area contributed by atoms with Crippen molar-refractivity contribution < 1.29 is 0 Å². The summed E-state index contributed by atoms with van der Waals surface area (Å²) in [5.41, 5.74) is 4.71. The number of anilines is 2. The second-order valence-electron chi connectivity index (χ2n) is 6.31. The molecule has 0 spiro atoms. The molecule has 0 radical (unpaired) electrons. The molecular formula is C20H16N8. The lowest BCUT2D eigenvalue weighted by Gasteiger charge is -2.07. The first kappa shape index (κ1) is 16.1. The molecule has 0 bridgehead atoms. The van der Waals surface area contributed by atoms with Crippen LogP contribution in [0.5, 0.6) is 0 Å². The largest absolute Gasteiger partial charge is 0.324 e. The van der Waals surface area contributed by atoms with E-state index in [1.54, 1.807) is 23.3 Å². The minimum absolute atomic E-state index is 0.645. The average molecular weight is 368 g/mol. The summed E-state index contributed by atoms with van der Waals surface area (Å²) in [7, 11) is 1.91. The second kappa shape index (κ2) is 6.58. The molecule has 0 aliphatic heterocycles. The van der Waals surface area contributed by atoms with E-state index in [0.717, 1.165) is 28.2 Å². The Labute approximate surface area is 160 Å². The van der Waals surface area contributed by atoms with Gasteiger partial charge < -0.3 is 5.32 Å². The van der Waals surface area contributed by atoms with Crippen LogP contribution in [0.25, 0.3) is 28.2 Å². The fourth-order valence-corrected chi connectivity index (χ4v) is 3.06. The van der Waals surface area contributed by atoms with E-state index in [4.69, 9.17) is 4.98 Å². The van der Waals surface area contributed by atoms with Gasteiger partial charge in [0.25, 0.3) is 0 Å². The van der Waals surface area contributed by atoms with Gasteiger partial charge in [-0.3, -0.25) is 14.1 Å². The standard InChI is InChI=1S/C20H16N8/c1-27-13-15(10-24-27)14-5-8-28-17(11-23-20(28)9-14)16-3-2-4-18(25-16)26-19-12-21-6-7-22-19/h2-13H,1H3,(H,22,25,26). The van der Waals surface area contributed by atoms with Gasteiger partial charge >= 0.3 is 0 Å². The minimum Gasteiger partial charge on any atom is -0.324 e. The summed E-state index contributed by atoms with van der Waals surface area (Å²) in [6, 6.07) is 9.89. The van der Waals surface area contributed by atoms with Gasteiger partial charge in [0, 0.05) is 37.4 Å². The van der Waals surface area contributed by atoms with E-state index >= 15 is 0 Å². The minimum atomic E-state index is 0.645. The van der Waals surface area contributed by atoms with Crippen molar-refractivity contribution in [2.24, 2.45) is 7.05 Å². The maximum atomic E-state index is 4.69. The highest BCUT2D eigenvalue weighted by atomic mass is 15.2. The van der Waals surface area contributed by atoms with Crippen LogP contribution in [0.1, 0.15) is 0 Å². The van der Waals surface area contributed by atoms with Gasteiger partial charge in [-0.2, -0.15) is 5.10 Å². The van der Waals surface area contributed by atoms with Gasteiger partial charge in [0.05, 0.1) is 30.0 Å². The maximum absolute atomic E-state index is 4.69. The summed E-state index contributed by atoms with van der Waals surface area (Å²) in [6.45, 7) is 0. The van der Waals surface area contributed by atoms with E-state index in [1.165, 1.54) is 0 Å². The molecule has 0 fully saturated rings. The van der Waals surface area contributed by atoms with E-state index in [0.29, 0.717) is 11.6 Å². The normalized spacial score (nSPS) is 11.0. The summed E-state index contributed by atoms with van der Waals surface area (Å²) in [5.74, 6) is 1.34. The molecule has 136 valence electrons. The Hall–Kier alpha value is -4.07. The van der Waals surface area contributed by atoms with Crippen molar-refractivity contribution in [1.82, 2.24) is 34.1 Å². The number of hydrogen-bond donors (Lipinski definition) is 1. The lowest BCUT2D eigenvalue weighted by Crippen LogP contribution is -1.98. The molecule has 0 amide bonds. The molecule has 28 heavy (non-hydrogen) atoms. The quantitative estimate of drug-likeness (QED) is 0.524. The highest BCUT2D eigenvalue weighted by Gasteiger charge is 2.10. The number of imidazole rings is 1. The van der Waals surface area contributed by atoms with Crippen LogP contribution in [-0.4, -0.2) is 34.1 Å². The van der Waals surface area contributed by atoms with Crippen LogP contribution in [0.4, 0.5) is 11.6 Å². The third-order valence-electron chi connectivity index (χ3n) is 4.38. The molecule has 0 unspecified atom stereocenters. The third kappa shape index (κ3) is 2.96. The van der Waals surface area contributed by atoms with Crippen molar-refractivity contribution in [3.8, 4) is 22.5 Å².